The maximum atomic E-state index is 9.13. The van der Waals surface area contributed by atoms with Crippen LogP contribution in [0.15, 0.2) is 30.3 Å². The van der Waals surface area contributed by atoms with Crippen molar-refractivity contribution in [2.75, 3.05) is 0 Å². The zero-order valence-electron chi connectivity index (χ0n) is 18.2. The van der Waals surface area contributed by atoms with Crippen molar-refractivity contribution in [3.63, 3.8) is 0 Å². The van der Waals surface area contributed by atoms with Gasteiger partial charge in [0.25, 0.3) is 0 Å². The van der Waals surface area contributed by atoms with E-state index in [-0.39, 0.29) is 25.2 Å². The number of benzene rings is 1. The highest BCUT2D eigenvalue weighted by atomic mass is 28.3. The van der Waals surface area contributed by atoms with Crippen LogP contribution in [-0.2, 0) is 9.31 Å². The lowest BCUT2D eigenvalue weighted by atomic mass is 9.77. The van der Waals surface area contributed by atoms with Gasteiger partial charge in [0.2, 0.25) is 0 Å². The number of hydrogen-bond acceptors (Lipinski definition) is 2. The molecule has 0 unspecified atom stereocenters. The second kappa shape index (κ2) is 8.84. The van der Waals surface area contributed by atoms with E-state index in [0.717, 1.165) is 0 Å². The normalized spacial score (nSPS) is 30.3. The summed E-state index contributed by atoms with van der Waals surface area (Å²) >= 11 is 0. The Hall–Kier alpha value is -0.578. The van der Waals surface area contributed by atoms with Gasteiger partial charge in [-0.25, -0.2) is 0 Å². The van der Waals surface area contributed by atoms with Gasteiger partial charge in [0.1, 0.15) is 0 Å². The van der Waals surface area contributed by atoms with Crippen LogP contribution < -0.4 is 5.19 Å². The van der Waals surface area contributed by atoms with E-state index in [1.54, 1.807) is 0 Å². The molecule has 27 heavy (non-hydrogen) atoms. The van der Waals surface area contributed by atoms with Gasteiger partial charge in [0.15, 0.2) is 0 Å². The van der Waals surface area contributed by atoms with Crippen LogP contribution in [0.25, 0.3) is 0 Å². The van der Waals surface area contributed by atoms with E-state index in [4.69, 9.17) is 10.7 Å². The lowest BCUT2D eigenvalue weighted by Gasteiger charge is -2.35. The maximum Gasteiger partial charge on any atom is 0.454 e. The van der Waals surface area contributed by atoms with Gasteiger partial charge in [-0.05, 0) is 43.4 Å². The summed E-state index contributed by atoms with van der Waals surface area (Å²) < 4.78 is 22.5. The fraction of sp³-hybridized carbons (Fsp3) is 0.739. The van der Waals surface area contributed by atoms with Gasteiger partial charge in [-0.3, -0.25) is 0 Å². The Morgan fingerprint density at radius 2 is 1.33 bits per heavy atom. The molecule has 2 saturated carbocycles. The fourth-order valence-corrected chi connectivity index (χ4v) is 7.65. The first-order valence-electron chi connectivity index (χ1n) is 11.9. The average molecular weight is 385 g/mol. The molecule has 1 aromatic carbocycles. The summed E-state index contributed by atoms with van der Waals surface area (Å²) in [4.78, 5) is 0. The number of rotatable bonds is 5. The van der Waals surface area contributed by atoms with E-state index in [1.165, 1.54) is 69.4 Å². The average Bonchev–Trinajstić information content (AvgIpc) is 3.20. The summed E-state index contributed by atoms with van der Waals surface area (Å²) in [5.41, 5.74) is 0. The van der Waals surface area contributed by atoms with Gasteiger partial charge in [-0.1, -0.05) is 87.1 Å². The molecule has 4 rings (SSSR count). The van der Waals surface area contributed by atoms with Crippen LogP contribution in [0.5, 0.6) is 0 Å². The largest absolute Gasteiger partial charge is 0.454 e. The van der Waals surface area contributed by atoms with E-state index in [0.29, 0.717) is 11.8 Å². The molecule has 1 aliphatic heterocycles. The standard InChI is InChI=1S/C23H37BO2Si/c1-27(2,21-16-10-5-11-17-21)18-24-25-22(19-12-6-3-7-13-19)23(26-24)20-14-8-4-9-15-20/h5,10-11,16-17,19-20,22-23H,3-4,6-9,12-15,18H2,1-2H3/t22-,23-/m1/s1/i18D/t18-,22+,23+/m0. The van der Waals surface area contributed by atoms with Crippen molar-refractivity contribution in [3.8, 4) is 0 Å². The van der Waals surface area contributed by atoms with Crippen LogP contribution in [0, 0.1) is 11.8 Å². The molecular weight excluding hydrogens is 347 g/mol. The second-order valence-electron chi connectivity index (χ2n) is 9.62. The minimum atomic E-state index is -1.99. The summed E-state index contributed by atoms with van der Waals surface area (Å²) in [6, 6.07) is 10.7. The molecule has 3 aliphatic rings. The Bertz CT molecular complexity index is 590. The van der Waals surface area contributed by atoms with Gasteiger partial charge in [-0.2, -0.15) is 0 Å². The number of hydrogen-bond donors (Lipinski definition) is 0. The molecule has 0 bridgehead atoms. The molecule has 1 aromatic rings. The van der Waals surface area contributed by atoms with Gasteiger partial charge < -0.3 is 9.31 Å². The van der Waals surface area contributed by atoms with Crippen LogP contribution in [-0.4, -0.2) is 27.4 Å². The second-order valence-corrected chi connectivity index (χ2v) is 14.0. The molecule has 0 N–H and O–H groups in total. The molecule has 3 atom stereocenters. The lowest BCUT2D eigenvalue weighted by Crippen LogP contribution is -2.45. The molecule has 1 saturated heterocycles. The Morgan fingerprint density at radius 1 is 0.852 bits per heavy atom. The molecule has 4 heteroatoms. The van der Waals surface area contributed by atoms with Crippen molar-refractivity contribution in [3.05, 3.63) is 30.3 Å². The zero-order chi connectivity index (χ0) is 19.6. The predicted octanol–water partition coefficient (Wildman–Crippen LogP) is 5.57. The SMILES string of the molecule is [2H][C@@H](B1O[C@H](C2CCCCC2)[C@@H](C2CCCCC2)O1)[Si](C)(C)c1ccccc1. The summed E-state index contributed by atoms with van der Waals surface area (Å²) in [5.74, 6) is 0.994. The minimum Gasteiger partial charge on any atom is -0.406 e. The minimum absolute atomic E-state index is 0.224. The first kappa shape index (κ1) is 18.5. The highest BCUT2D eigenvalue weighted by molar-refractivity contribution is 6.95. The van der Waals surface area contributed by atoms with Crippen molar-refractivity contribution < 1.29 is 10.7 Å². The van der Waals surface area contributed by atoms with Crippen LogP contribution in [0.3, 0.4) is 0 Å². The van der Waals surface area contributed by atoms with E-state index in [9.17, 15) is 0 Å². The van der Waals surface area contributed by atoms with E-state index in [2.05, 4.69) is 43.4 Å². The third-order valence-electron chi connectivity index (χ3n) is 7.21. The van der Waals surface area contributed by atoms with Crippen molar-refractivity contribution >= 4 is 20.4 Å². The molecule has 0 radical (unpaired) electrons. The maximum absolute atomic E-state index is 9.13. The van der Waals surface area contributed by atoms with E-state index in [1.807, 2.05) is 0 Å². The summed E-state index contributed by atoms with van der Waals surface area (Å²) in [5, 5.41) is 1.33. The molecule has 1 heterocycles. The molecule has 0 spiro atoms. The third-order valence-corrected chi connectivity index (χ3v) is 10.1. The van der Waals surface area contributed by atoms with Crippen molar-refractivity contribution in [2.24, 2.45) is 11.8 Å². The monoisotopic (exact) mass is 385 g/mol. The molecule has 3 fully saturated rings. The van der Waals surface area contributed by atoms with Crippen LogP contribution in [0.1, 0.15) is 65.6 Å². The fourth-order valence-electron chi connectivity index (χ4n) is 5.56. The highest BCUT2D eigenvalue weighted by Crippen LogP contribution is 2.41. The van der Waals surface area contributed by atoms with E-state index < -0.39 is 8.07 Å². The Morgan fingerprint density at radius 3 is 1.81 bits per heavy atom. The van der Waals surface area contributed by atoms with Gasteiger partial charge in [0, 0.05) is 1.37 Å². The van der Waals surface area contributed by atoms with Gasteiger partial charge in [0.05, 0.1) is 20.3 Å². The van der Waals surface area contributed by atoms with Crippen molar-refractivity contribution in [1.82, 2.24) is 0 Å². The Kier molecular flexibility index (Phi) is 6.04. The van der Waals surface area contributed by atoms with Gasteiger partial charge in [-0.15, -0.1) is 0 Å². The third kappa shape index (κ3) is 4.71. The van der Waals surface area contributed by atoms with Crippen molar-refractivity contribution in [1.29, 1.82) is 0 Å². The molecular formula is C23H37BO2Si. The summed E-state index contributed by atoms with van der Waals surface area (Å²) in [6.45, 7) is 4.60. The van der Waals surface area contributed by atoms with Crippen LogP contribution >= 0.6 is 0 Å². The summed E-state index contributed by atoms with van der Waals surface area (Å²) in [6.07, 6.45) is 13.7. The van der Waals surface area contributed by atoms with E-state index >= 15 is 0 Å². The predicted molar refractivity (Wildman–Crippen MR) is 117 cm³/mol. The Balaban J connectivity index is 1.52. The zero-order valence-corrected chi connectivity index (χ0v) is 18.2. The molecule has 0 amide bonds. The molecule has 148 valence electrons. The van der Waals surface area contributed by atoms with Crippen molar-refractivity contribution in [2.45, 2.75) is 95.4 Å². The van der Waals surface area contributed by atoms with Crippen LogP contribution in [0.2, 0.25) is 19.0 Å². The molecule has 2 aliphatic carbocycles. The lowest BCUT2D eigenvalue weighted by molar-refractivity contribution is 0.0324. The smallest absolute Gasteiger partial charge is 0.406 e. The summed E-state index contributed by atoms with van der Waals surface area (Å²) in [7, 11) is -2.34. The first-order chi connectivity index (χ1) is 13.6. The van der Waals surface area contributed by atoms with Crippen LogP contribution in [0.4, 0.5) is 0 Å². The molecule has 2 nitrogen and oxygen atoms in total. The topological polar surface area (TPSA) is 18.5 Å². The Labute approximate surface area is 169 Å². The van der Waals surface area contributed by atoms with Gasteiger partial charge >= 0.3 is 7.12 Å². The quantitative estimate of drug-likeness (QED) is 0.617. The molecule has 0 aromatic heterocycles. The highest BCUT2D eigenvalue weighted by Gasteiger charge is 2.48. The first-order valence-corrected chi connectivity index (χ1v) is 14.4.